The van der Waals surface area contributed by atoms with Gasteiger partial charge in [-0.2, -0.15) is 4.39 Å². The zero-order valence-corrected chi connectivity index (χ0v) is 9.68. The molecular formula is C9H5Cl2FN4O. The molecule has 0 spiro atoms. The SMILES string of the molecule is O=C(Nc1ccc(Cl)nc1)c1nc(Cl)c(F)[nH]1. The van der Waals surface area contributed by atoms with Gasteiger partial charge in [0.05, 0.1) is 11.9 Å². The van der Waals surface area contributed by atoms with Crippen molar-refractivity contribution < 1.29 is 9.18 Å². The van der Waals surface area contributed by atoms with E-state index in [0.29, 0.717) is 10.8 Å². The molecule has 0 aliphatic rings. The summed E-state index contributed by atoms with van der Waals surface area (Å²) in [7, 11) is 0. The van der Waals surface area contributed by atoms with Crippen molar-refractivity contribution in [2.24, 2.45) is 0 Å². The molecular weight excluding hydrogens is 270 g/mol. The van der Waals surface area contributed by atoms with Crippen molar-refractivity contribution in [1.82, 2.24) is 15.0 Å². The summed E-state index contributed by atoms with van der Waals surface area (Å²) in [6.45, 7) is 0. The summed E-state index contributed by atoms with van der Waals surface area (Å²) in [4.78, 5) is 20.9. The lowest BCUT2D eigenvalue weighted by molar-refractivity contribution is 0.101. The first kappa shape index (κ1) is 11.8. The molecule has 5 nitrogen and oxygen atoms in total. The minimum Gasteiger partial charge on any atom is -0.318 e. The molecule has 0 saturated heterocycles. The number of imidazole rings is 1. The second kappa shape index (κ2) is 4.68. The van der Waals surface area contributed by atoms with Crippen molar-refractivity contribution >= 4 is 34.8 Å². The molecule has 88 valence electrons. The summed E-state index contributed by atoms with van der Waals surface area (Å²) in [5.41, 5.74) is 0.410. The average Bonchev–Trinajstić information content (AvgIpc) is 2.63. The van der Waals surface area contributed by atoms with Crippen LogP contribution < -0.4 is 5.32 Å². The van der Waals surface area contributed by atoms with Gasteiger partial charge in [-0.05, 0) is 12.1 Å². The number of pyridine rings is 1. The molecule has 0 aromatic carbocycles. The minimum atomic E-state index is -0.856. The fourth-order valence-corrected chi connectivity index (χ4v) is 1.32. The maximum atomic E-state index is 12.8. The van der Waals surface area contributed by atoms with E-state index >= 15 is 0 Å². The summed E-state index contributed by atoms with van der Waals surface area (Å²) in [5, 5.41) is 2.36. The standard InChI is InChI=1S/C9H5Cl2FN4O/c10-5-2-1-4(3-13-5)14-9(17)8-15-6(11)7(12)16-8/h1-3H,(H,14,17)(H,15,16). The molecule has 2 rings (SSSR count). The Kier molecular flexibility index (Phi) is 3.26. The van der Waals surface area contributed by atoms with Crippen molar-refractivity contribution in [3.63, 3.8) is 0 Å². The van der Waals surface area contributed by atoms with E-state index in [4.69, 9.17) is 23.2 Å². The van der Waals surface area contributed by atoms with E-state index in [0.717, 1.165) is 0 Å². The lowest BCUT2D eigenvalue weighted by Crippen LogP contribution is -2.13. The number of anilines is 1. The molecule has 2 heterocycles. The molecule has 0 fully saturated rings. The first-order valence-corrected chi connectivity index (χ1v) is 5.16. The van der Waals surface area contributed by atoms with E-state index < -0.39 is 11.9 Å². The van der Waals surface area contributed by atoms with E-state index in [1.54, 1.807) is 6.07 Å². The fourth-order valence-electron chi connectivity index (χ4n) is 1.08. The first-order valence-electron chi connectivity index (χ1n) is 4.40. The lowest BCUT2D eigenvalue weighted by Gasteiger charge is -2.01. The number of amides is 1. The predicted molar refractivity (Wildman–Crippen MR) is 60.8 cm³/mol. The Labute approximate surface area is 105 Å². The van der Waals surface area contributed by atoms with Gasteiger partial charge in [-0.15, -0.1) is 0 Å². The number of H-pyrrole nitrogens is 1. The van der Waals surface area contributed by atoms with Crippen molar-refractivity contribution in [3.8, 4) is 0 Å². The van der Waals surface area contributed by atoms with E-state index in [2.05, 4.69) is 20.3 Å². The number of aromatic nitrogens is 3. The number of hydrogen-bond acceptors (Lipinski definition) is 3. The van der Waals surface area contributed by atoms with Gasteiger partial charge in [0.25, 0.3) is 5.91 Å². The van der Waals surface area contributed by atoms with Crippen LogP contribution >= 0.6 is 23.2 Å². The van der Waals surface area contributed by atoms with Crippen molar-refractivity contribution in [1.29, 1.82) is 0 Å². The zero-order valence-electron chi connectivity index (χ0n) is 8.17. The monoisotopic (exact) mass is 274 g/mol. The van der Waals surface area contributed by atoms with Crippen LogP contribution in [0.4, 0.5) is 10.1 Å². The van der Waals surface area contributed by atoms with Gasteiger partial charge in [-0.1, -0.05) is 23.2 Å². The van der Waals surface area contributed by atoms with Crippen molar-refractivity contribution in [2.75, 3.05) is 5.32 Å². The number of aromatic amines is 1. The highest BCUT2D eigenvalue weighted by Gasteiger charge is 2.14. The highest BCUT2D eigenvalue weighted by Crippen LogP contribution is 2.13. The second-order valence-corrected chi connectivity index (χ2v) is 3.76. The van der Waals surface area contributed by atoms with Crippen LogP contribution in [-0.2, 0) is 0 Å². The number of rotatable bonds is 2. The summed E-state index contributed by atoms with van der Waals surface area (Å²) in [6.07, 6.45) is 1.36. The number of halogens is 3. The summed E-state index contributed by atoms with van der Waals surface area (Å²) in [6, 6.07) is 3.06. The van der Waals surface area contributed by atoms with Crippen molar-refractivity contribution in [2.45, 2.75) is 0 Å². The molecule has 0 bridgehead atoms. The number of carbonyl (C=O) groups is 1. The van der Waals surface area contributed by atoms with Gasteiger partial charge in [0.2, 0.25) is 5.95 Å². The predicted octanol–water partition coefficient (Wildman–Crippen LogP) is 2.50. The Balaban J connectivity index is 2.14. The molecule has 0 aliphatic heterocycles. The number of nitrogens with one attached hydrogen (secondary N) is 2. The Hall–Kier alpha value is -1.66. The van der Waals surface area contributed by atoms with Gasteiger partial charge >= 0.3 is 0 Å². The van der Waals surface area contributed by atoms with E-state index in [1.165, 1.54) is 12.3 Å². The van der Waals surface area contributed by atoms with Gasteiger partial charge in [0, 0.05) is 0 Å². The zero-order chi connectivity index (χ0) is 12.4. The third-order valence-electron chi connectivity index (χ3n) is 1.82. The lowest BCUT2D eigenvalue weighted by atomic mass is 10.4. The Morgan fingerprint density at radius 2 is 2.18 bits per heavy atom. The van der Waals surface area contributed by atoms with Gasteiger partial charge in [-0.3, -0.25) is 4.79 Å². The van der Waals surface area contributed by atoms with E-state index in [1.807, 2.05) is 0 Å². The maximum absolute atomic E-state index is 12.8. The molecule has 2 aromatic heterocycles. The number of hydrogen-bond donors (Lipinski definition) is 2. The summed E-state index contributed by atoms with van der Waals surface area (Å²) < 4.78 is 12.8. The molecule has 2 aromatic rings. The fraction of sp³-hybridized carbons (Fsp3) is 0. The van der Waals surface area contributed by atoms with Crippen LogP contribution in [0.15, 0.2) is 18.3 Å². The van der Waals surface area contributed by atoms with Crippen LogP contribution in [0.1, 0.15) is 10.6 Å². The average molecular weight is 275 g/mol. The molecule has 17 heavy (non-hydrogen) atoms. The Morgan fingerprint density at radius 3 is 2.71 bits per heavy atom. The maximum Gasteiger partial charge on any atom is 0.291 e. The molecule has 1 amide bonds. The van der Waals surface area contributed by atoms with Crippen molar-refractivity contribution in [3.05, 3.63) is 40.4 Å². The highest BCUT2D eigenvalue weighted by molar-refractivity contribution is 6.30. The Bertz CT molecular complexity index is 535. The smallest absolute Gasteiger partial charge is 0.291 e. The molecule has 0 aliphatic carbocycles. The van der Waals surface area contributed by atoms with Gasteiger partial charge in [0.1, 0.15) is 5.15 Å². The summed E-state index contributed by atoms with van der Waals surface area (Å²) >= 11 is 11.0. The van der Waals surface area contributed by atoms with Crippen LogP contribution in [0.5, 0.6) is 0 Å². The second-order valence-electron chi connectivity index (χ2n) is 3.01. The first-order chi connectivity index (χ1) is 8.06. The molecule has 0 saturated carbocycles. The van der Waals surface area contributed by atoms with Crippen LogP contribution in [0.2, 0.25) is 10.3 Å². The number of nitrogens with zero attached hydrogens (tertiary/aromatic N) is 2. The van der Waals surface area contributed by atoms with Gasteiger partial charge in [0.15, 0.2) is 11.0 Å². The van der Waals surface area contributed by atoms with E-state index in [-0.39, 0.29) is 11.0 Å². The van der Waals surface area contributed by atoms with E-state index in [9.17, 15) is 9.18 Å². The Morgan fingerprint density at radius 1 is 1.41 bits per heavy atom. The highest BCUT2D eigenvalue weighted by atomic mass is 35.5. The van der Waals surface area contributed by atoms with Crippen LogP contribution in [0.25, 0.3) is 0 Å². The normalized spacial score (nSPS) is 10.3. The largest absolute Gasteiger partial charge is 0.318 e. The minimum absolute atomic E-state index is 0.220. The molecule has 0 atom stereocenters. The molecule has 0 radical (unpaired) electrons. The van der Waals surface area contributed by atoms with Crippen LogP contribution in [0, 0.1) is 5.95 Å². The van der Waals surface area contributed by atoms with Gasteiger partial charge < -0.3 is 10.3 Å². The third kappa shape index (κ3) is 2.72. The molecule has 8 heteroatoms. The van der Waals surface area contributed by atoms with Crippen LogP contribution in [0.3, 0.4) is 0 Å². The number of carbonyl (C=O) groups excluding carboxylic acids is 1. The summed E-state index contributed by atoms with van der Waals surface area (Å²) in [5.74, 6) is -1.70. The molecule has 2 N–H and O–H groups in total. The quantitative estimate of drug-likeness (QED) is 0.827. The van der Waals surface area contributed by atoms with Crippen LogP contribution in [-0.4, -0.2) is 20.9 Å². The van der Waals surface area contributed by atoms with Gasteiger partial charge in [-0.25, -0.2) is 9.97 Å². The topological polar surface area (TPSA) is 70.7 Å². The third-order valence-corrected chi connectivity index (χ3v) is 2.29. The molecule has 0 unspecified atom stereocenters.